The third-order valence-corrected chi connectivity index (χ3v) is 4.20. The number of phenolic OH excluding ortho intramolecular Hbond substituents is 1. The zero-order chi connectivity index (χ0) is 14.0. The van der Waals surface area contributed by atoms with E-state index in [-0.39, 0.29) is 21.4 Å². The second-order valence-electron chi connectivity index (χ2n) is 4.06. The molecule has 100 valence electrons. The minimum Gasteiger partial charge on any atom is -0.504 e. The van der Waals surface area contributed by atoms with E-state index in [1.165, 1.54) is 18.2 Å². The Labute approximate surface area is 116 Å². The molecular weight excluding hydrogens is 286 g/mol. The van der Waals surface area contributed by atoms with Gasteiger partial charge < -0.3 is 5.11 Å². The summed E-state index contributed by atoms with van der Waals surface area (Å²) in [4.78, 5) is 0.131. The molecule has 0 aliphatic rings. The summed E-state index contributed by atoms with van der Waals surface area (Å²) in [5, 5.41) is 9.79. The van der Waals surface area contributed by atoms with Crippen LogP contribution in [0.15, 0.2) is 47.4 Å². The molecule has 0 heterocycles. The van der Waals surface area contributed by atoms with E-state index in [0.717, 1.165) is 5.56 Å². The normalized spacial score (nSPS) is 11.3. The van der Waals surface area contributed by atoms with Gasteiger partial charge in [-0.2, -0.15) is 0 Å². The first kappa shape index (κ1) is 13.7. The van der Waals surface area contributed by atoms with Crippen LogP contribution >= 0.6 is 11.6 Å². The van der Waals surface area contributed by atoms with Crippen LogP contribution in [0.4, 0.5) is 5.69 Å². The number of phenols is 1. The van der Waals surface area contributed by atoms with Crippen molar-refractivity contribution in [2.45, 2.75) is 11.8 Å². The van der Waals surface area contributed by atoms with Gasteiger partial charge in [-0.3, -0.25) is 4.72 Å². The maximum atomic E-state index is 12.2. The number of benzene rings is 2. The molecule has 0 saturated heterocycles. The van der Waals surface area contributed by atoms with Crippen molar-refractivity contribution < 1.29 is 13.5 Å². The summed E-state index contributed by atoms with van der Waals surface area (Å²) in [5.41, 5.74) is 0.882. The molecule has 4 nitrogen and oxygen atoms in total. The van der Waals surface area contributed by atoms with Crippen LogP contribution in [0.5, 0.6) is 5.75 Å². The number of aromatic hydroxyl groups is 1. The number of hydrogen-bond acceptors (Lipinski definition) is 3. The van der Waals surface area contributed by atoms with E-state index < -0.39 is 10.0 Å². The summed E-state index contributed by atoms with van der Waals surface area (Å²) in [6, 6.07) is 10.9. The molecular formula is C13H12ClNO3S. The van der Waals surface area contributed by atoms with Crippen LogP contribution in [0.25, 0.3) is 0 Å². The van der Waals surface area contributed by atoms with E-state index in [1.807, 2.05) is 0 Å². The average molecular weight is 298 g/mol. The van der Waals surface area contributed by atoms with Crippen molar-refractivity contribution in [1.82, 2.24) is 0 Å². The summed E-state index contributed by atoms with van der Waals surface area (Å²) in [7, 11) is -3.74. The van der Waals surface area contributed by atoms with Crippen LogP contribution in [0.1, 0.15) is 5.56 Å². The maximum Gasteiger partial charge on any atom is 0.262 e. The van der Waals surface area contributed by atoms with Gasteiger partial charge in [-0.15, -0.1) is 0 Å². The van der Waals surface area contributed by atoms with E-state index >= 15 is 0 Å². The molecule has 2 aromatic carbocycles. The number of halogens is 1. The van der Waals surface area contributed by atoms with E-state index in [1.54, 1.807) is 31.2 Å². The van der Waals surface area contributed by atoms with Crippen molar-refractivity contribution in [3.63, 3.8) is 0 Å². The lowest BCUT2D eigenvalue weighted by molar-refractivity contribution is 0.478. The van der Waals surface area contributed by atoms with E-state index in [9.17, 15) is 13.5 Å². The molecule has 19 heavy (non-hydrogen) atoms. The van der Waals surface area contributed by atoms with Crippen molar-refractivity contribution in [2.24, 2.45) is 0 Å². The summed E-state index contributed by atoms with van der Waals surface area (Å²) < 4.78 is 26.6. The number of rotatable bonds is 3. The van der Waals surface area contributed by atoms with E-state index in [2.05, 4.69) is 4.72 Å². The molecule has 0 aromatic heterocycles. The van der Waals surface area contributed by atoms with Gasteiger partial charge in [0, 0.05) is 0 Å². The molecule has 0 spiro atoms. The lowest BCUT2D eigenvalue weighted by Crippen LogP contribution is -2.13. The first-order valence-corrected chi connectivity index (χ1v) is 7.33. The molecule has 0 amide bonds. The fourth-order valence-corrected chi connectivity index (χ4v) is 2.93. The summed E-state index contributed by atoms with van der Waals surface area (Å²) in [6.07, 6.45) is 0. The summed E-state index contributed by atoms with van der Waals surface area (Å²) >= 11 is 5.73. The Bertz CT molecular complexity index is 714. The molecule has 6 heteroatoms. The van der Waals surface area contributed by atoms with E-state index in [4.69, 9.17) is 11.6 Å². The van der Waals surface area contributed by atoms with Gasteiger partial charge in [-0.1, -0.05) is 29.8 Å². The molecule has 0 saturated carbocycles. The molecule has 0 aliphatic carbocycles. The maximum absolute atomic E-state index is 12.2. The molecule has 2 aromatic rings. The number of para-hydroxylation sites is 1. The third kappa shape index (κ3) is 3.00. The Balaban J connectivity index is 2.39. The van der Waals surface area contributed by atoms with Gasteiger partial charge >= 0.3 is 0 Å². The van der Waals surface area contributed by atoms with Gasteiger partial charge in [0.05, 0.1) is 15.6 Å². The Morgan fingerprint density at radius 1 is 1.16 bits per heavy atom. The minimum absolute atomic E-state index is 0.0500. The summed E-state index contributed by atoms with van der Waals surface area (Å²) in [6.45, 7) is 1.80. The van der Waals surface area contributed by atoms with Gasteiger partial charge in [0.25, 0.3) is 10.0 Å². The highest BCUT2D eigenvalue weighted by Gasteiger charge is 2.16. The first-order valence-electron chi connectivity index (χ1n) is 5.47. The van der Waals surface area contributed by atoms with Gasteiger partial charge in [-0.05, 0) is 36.8 Å². The van der Waals surface area contributed by atoms with Crippen molar-refractivity contribution in [2.75, 3.05) is 4.72 Å². The third-order valence-electron chi connectivity index (χ3n) is 2.53. The largest absolute Gasteiger partial charge is 0.504 e. The first-order chi connectivity index (χ1) is 8.90. The topological polar surface area (TPSA) is 66.4 Å². The van der Waals surface area contributed by atoms with E-state index in [0.29, 0.717) is 0 Å². The quantitative estimate of drug-likeness (QED) is 0.855. The zero-order valence-corrected chi connectivity index (χ0v) is 11.7. The van der Waals surface area contributed by atoms with Crippen LogP contribution in [-0.2, 0) is 10.0 Å². The SMILES string of the molecule is Cc1cccc(S(=O)(=O)Nc2cccc(Cl)c2O)c1. The number of nitrogens with one attached hydrogen (secondary N) is 1. The standard InChI is InChI=1S/C13H12ClNO3S/c1-9-4-2-5-10(8-9)19(17,18)15-12-7-3-6-11(14)13(12)16/h2-8,15-16H,1H3. The van der Waals surface area contributed by atoms with Crippen LogP contribution in [-0.4, -0.2) is 13.5 Å². The predicted octanol–water partition coefficient (Wildman–Crippen LogP) is 3.15. The average Bonchev–Trinajstić information content (AvgIpc) is 2.35. The van der Waals surface area contributed by atoms with Crippen molar-refractivity contribution in [3.05, 3.63) is 53.1 Å². The molecule has 2 N–H and O–H groups in total. The van der Waals surface area contributed by atoms with Crippen LogP contribution in [0, 0.1) is 6.92 Å². The second-order valence-corrected chi connectivity index (χ2v) is 6.15. The van der Waals surface area contributed by atoms with Gasteiger partial charge in [0.1, 0.15) is 0 Å². The second kappa shape index (κ2) is 5.11. The van der Waals surface area contributed by atoms with Gasteiger partial charge in [0.15, 0.2) is 5.75 Å². The molecule has 0 unspecified atom stereocenters. The van der Waals surface area contributed by atoms with Crippen LogP contribution in [0.2, 0.25) is 5.02 Å². The summed E-state index contributed by atoms with van der Waals surface area (Å²) in [5.74, 6) is -0.291. The fraction of sp³-hybridized carbons (Fsp3) is 0.0769. The Hall–Kier alpha value is -1.72. The molecule has 0 atom stereocenters. The number of hydrogen-bond donors (Lipinski definition) is 2. The smallest absolute Gasteiger partial charge is 0.262 e. The Morgan fingerprint density at radius 2 is 1.84 bits per heavy atom. The van der Waals surface area contributed by atoms with Crippen LogP contribution in [0.3, 0.4) is 0 Å². The molecule has 2 rings (SSSR count). The van der Waals surface area contributed by atoms with Gasteiger partial charge in [0.2, 0.25) is 0 Å². The lowest BCUT2D eigenvalue weighted by atomic mass is 10.2. The fourth-order valence-electron chi connectivity index (χ4n) is 1.58. The monoisotopic (exact) mass is 297 g/mol. The van der Waals surface area contributed by atoms with Gasteiger partial charge in [-0.25, -0.2) is 8.42 Å². The van der Waals surface area contributed by atoms with Crippen molar-refractivity contribution in [3.8, 4) is 5.75 Å². The number of anilines is 1. The Kier molecular flexibility index (Phi) is 3.68. The number of sulfonamides is 1. The Morgan fingerprint density at radius 3 is 2.53 bits per heavy atom. The highest BCUT2D eigenvalue weighted by Crippen LogP contribution is 2.32. The van der Waals surface area contributed by atoms with Crippen LogP contribution < -0.4 is 4.72 Å². The highest BCUT2D eigenvalue weighted by molar-refractivity contribution is 7.92. The highest BCUT2D eigenvalue weighted by atomic mass is 35.5. The van der Waals surface area contributed by atoms with Crippen molar-refractivity contribution in [1.29, 1.82) is 0 Å². The lowest BCUT2D eigenvalue weighted by Gasteiger charge is -2.10. The molecule has 0 fully saturated rings. The van der Waals surface area contributed by atoms with Crippen molar-refractivity contribution >= 4 is 27.3 Å². The minimum atomic E-state index is -3.74. The molecule has 0 aliphatic heterocycles. The zero-order valence-electron chi connectivity index (χ0n) is 10.1. The molecule has 0 radical (unpaired) electrons. The number of aryl methyl sites for hydroxylation is 1. The molecule has 0 bridgehead atoms. The predicted molar refractivity (Wildman–Crippen MR) is 75.1 cm³/mol.